The van der Waals surface area contributed by atoms with Crippen molar-refractivity contribution in [1.82, 2.24) is 5.32 Å². The molecule has 0 aromatic heterocycles. The van der Waals surface area contributed by atoms with Gasteiger partial charge in [0.1, 0.15) is 0 Å². The van der Waals surface area contributed by atoms with Crippen LogP contribution in [0, 0.1) is 0 Å². The normalized spacial score (nSPS) is 10.3. The standard InChI is InChI=1S/C11H17BrN2/c1-4-13-8-9-5-6-10(14(2)3)7-11(9)12/h5-7,13H,4,8H2,1-3H3. The summed E-state index contributed by atoms with van der Waals surface area (Å²) in [6.45, 7) is 4.04. The lowest BCUT2D eigenvalue weighted by atomic mass is 10.2. The zero-order valence-electron chi connectivity index (χ0n) is 8.97. The maximum Gasteiger partial charge on any atom is 0.0372 e. The van der Waals surface area contributed by atoms with E-state index in [1.165, 1.54) is 15.7 Å². The summed E-state index contributed by atoms with van der Waals surface area (Å²) in [5.41, 5.74) is 2.52. The molecule has 14 heavy (non-hydrogen) atoms. The third-order valence-corrected chi connectivity index (χ3v) is 2.86. The van der Waals surface area contributed by atoms with Gasteiger partial charge in [-0.2, -0.15) is 0 Å². The van der Waals surface area contributed by atoms with Crippen LogP contribution in [0.1, 0.15) is 12.5 Å². The smallest absolute Gasteiger partial charge is 0.0372 e. The summed E-state index contributed by atoms with van der Waals surface area (Å²) >= 11 is 3.58. The SMILES string of the molecule is CCNCc1ccc(N(C)C)cc1Br. The van der Waals surface area contributed by atoms with Crippen molar-refractivity contribution in [1.29, 1.82) is 0 Å². The molecule has 0 aliphatic carbocycles. The summed E-state index contributed by atoms with van der Waals surface area (Å²) in [4.78, 5) is 2.10. The van der Waals surface area contributed by atoms with Crippen molar-refractivity contribution in [3.63, 3.8) is 0 Å². The third-order valence-electron chi connectivity index (χ3n) is 2.12. The minimum Gasteiger partial charge on any atom is -0.378 e. The van der Waals surface area contributed by atoms with Crippen molar-refractivity contribution in [2.75, 3.05) is 25.5 Å². The van der Waals surface area contributed by atoms with Crippen LogP contribution in [-0.2, 0) is 6.54 Å². The van der Waals surface area contributed by atoms with Crippen molar-refractivity contribution < 1.29 is 0 Å². The number of halogens is 1. The molecule has 0 heterocycles. The molecule has 1 aromatic rings. The fourth-order valence-corrected chi connectivity index (χ4v) is 1.72. The Morgan fingerprint density at radius 3 is 2.57 bits per heavy atom. The van der Waals surface area contributed by atoms with Crippen LogP contribution in [0.5, 0.6) is 0 Å². The molecule has 78 valence electrons. The van der Waals surface area contributed by atoms with Crippen molar-refractivity contribution in [3.8, 4) is 0 Å². The first kappa shape index (κ1) is 11.5. The molecular formula is C11H17BrN2. The van der Waals surface area contributed by atoms with Crippen LogP contribution in [0.2, 0.25) is 0 Å². The van der Waals surface area contributed by atoms with E-state index in [1.54, 1.807) is 0 Å². The maximum atomic E-state index is 3.58. The lowest BCUT2D eigenvalue weighted by molar-refractivity contribution is 0.724. The monoisotopic (exact) mass is 256 g/mol. The average Bonchev–Trinajstić information content (AvgIpc) is 2.15. The van der Waals surface area contributed by atoms with Crippen LogP contribution in [0.4, 0.5) is 5.69 Å². The first-order valence-corrected chi connectivity index (χ1v) is 5.61. The first-order chi connectivity index (χ1) is 6.65. The molecule has 0 unspecified atom stereocenters. The van der Waals surface area contributed by atoms with E-state index in [4.69, 9.17) is 0 Å². The fraction of sp³-hybridized carbons (Fsp3) is 0.455. The van der Waals surface area contributed by atoms with Gasteiger partial charge in [-0.05, 0) is 24.2 Å². The van der Waals surface area contributed by atoms with Gasteiger partial charge in [0.2, 0.25) is 0 Å². The number of nitrogens with one attached hydrogen (secondary N) is 1. The Labute approximate surface area is 94.4 Å². The van der Waals surface area contributed by atoms with Crippen LogP contribution in [0.15, 0.2) is 22.7 Å². The Kier molecular flexibility index (Phi) is 4.42. The number of hydrogen-bond acceptors (Lipinski definition) is 2. The van der Waals surface area contributed by atoms with Crippen LogP contribution >= 0.6 is 15.9 Å². The number of benzene rings is 1. The maximum absolute atomic E-state index is 3.58. The highest BCUT2D eigenvalue weighted by Gasteiger charge is 2.01. The van der Waals surface area contributed by atoms with Crippen molar-refractivity contribution in [2.24, 2.45) is 0 Å². The summed E-state index contributed by atoms with van der Waals surface area (Å²) in [6, 6.07) is 6.44. The van der Waals surface area contributed by atoms with Gasteiger partial charge in [-0.3, -0.25) is 0 Å². The second-order valence-corrected chi connectivity index (χ2v) is 4.30. The average molecular weight is 257 g/mol. The van der Waals surface area contributed by atoms with Crippen molar-refractivity contribution in [2.45, 2.75) is 13.5 Å². The van der Waals surface area contributed by atoms with Gasteiger partial charge in [0.25, 0.3) is 0 Å². The molecule has 0 amide bonds. The predicted molar refractivity (Wildman–Crippen MR) is 65.8 cm³/mol. The summed E-state index contributed by atoms with van der Waals surface area (Å²) in [7, 11) is 4.09. The first-order valence-electron chi connectivity index (χ1n) is 4.81. The summed E-state index contributed by atoms with van der Waals surface area (Å²) in [6.07, 6.45) is 0. The Morgan fingerprint density at radius 1 is 1.36 bits per heavy atom. The molecule has 1 N–H and O–H groups in total. The van der Waals surface area contributed by atoms with E-state index in [1.807, 2.05) is 14.1 Å². The highest BCUT2D eigenvalue weighted by atomic mass is 79.9. The second kappa shape index (κ2) is 5.37. The van der Waals surface area contributed by atoms with Gasteiger partial charge in [-0.25, -0.2) is 0 Å². The molecule has 0 saturated carbocycles. The van der Waals surface area contributed by atoms with Gasteiger partial charge < -0.3 is 10.2 Å². The number of nitrogens with zero attached hydrogens (tertiary/aromatic N) is 1. The molecule has 0 saturated heterocycles. The van der Waals surface area contributed by atoms with Crippen LogP contribution in [-0.4, -0.2) is 20.6 Å². The Morgan fingerprint density at radius 2 is 2.07 bits per heavy atom. The van der Waals surface area contributed by atoms with Gasteiger partial charge in [0.15, 0.2) is 0 Å². The third kappa shape index (κ3) is 3.00. The van der Waals surface area contributed by atoms with E-state index < -0.39 is 0 Å². The number of anilines is 1. The van der Waals surface area contributed by atoms with E-state index in [9.17, 15) is 0 Å². The van der Waals surface area contributed by atoms with Gasteiger partial charge >= 0.3 is 0 Å². The highest BCUT2D eigenvalue weighted by Crippen LogP contribution is 2.22. The lowest BCUT2D eigenvalue weighted by Gasteiger charge is -2.14. The molecule has 1 aromatic carbocycles. The van der Waals surface area contributed by atoms with Gasteiger partial charge in [-0.1, -0.05) is 28.9 Å². The molecule has 0 aliphatic rings. The fourth-order valence-electron chi connectivity index (χ4n) is 1.22. The minimum absolute atomic E-state index is 0.921. The zero-order chi connectivity index (χ0) is 10.6. The molecular weight excluding hydrogens is 240 g/mol. The van der Waals surface area contributed by atoms with E-state index >= 15 is 0 Å². The van der Waals surface area contributed by atoms with E-state index in [-0.39, 0.29) is 0 Å². The minimum atomic E-state index is 0.921. The number of rotatable bonds is 4. The highest BCUT2D eigenvalue weighted by molar-refractivity contribution is 9.10. The Balaban J connectivity index is 2.79. The van der Waals surface area contributed by atoms with Crippen LogP contribution in [0.3, 0.4) is 0 Å². The van der Waals surface area contributed by atoms with Crippen molar-refractivity contribution in [3.05, 3.63) is 28.2 Å². The Bertz CT molecular complexity index is 297. The second-order valence-electron chi connectivity index (χ2n) is 3.45. The largest absolute Gasteiger partial charge is 0.378 e. The van der Waals surface area contributed by atoms with Crippen LogP contribution in [0.25, 0.3) is 0 Å². The molecule has 1 rings (SSSR count). The topological polar surface area (TPSA) is 15.3 Å². The number of hydrogen-bond donors (Lipinski definition) is 1. The van der Waals surface area contributed by atoms with E-state index in [2.05, 4.69) is 51.3 Å². The van der Waals surface area contributed by atoms with E-state index in [0.29, 0.717) is 0 Å². The van der Waals surface area contributed by atoms with Crippen molar-refractivity contribution >= 4 is 21.6 Å². The lowest BCUT2D eigenvalue weighted by Crippen LogP contribution is -2.13. The summed E-state index contributed by atoms with van der Waals surface area (Å²) in [5.74, 6) is 0. The van der Waals surface area contributed by atoms with Gasteiger partial charge in [-0.15, -0.1) is 0 Å². The zero-order valence-corrected chi connectivity index (χ0v) is 10.6. The predicted octanol–water partition coefficient (Wildman–Crippen LogP) is 2.62. The Hall–Kier alpha value is -0.540. The molecule has 0 radical (unpaired) electrons. The van der Waals surface area contributed by atoms with Gasteiger partial charge in [0, 0.05) is 30.8 Å². The summed E-state index contributed by atoms with van der Waals surface area (Å²) < 4.78 is 1.17. The molecule has 0 atom stereocenters. The molecule has 2 nitrogen and oxygen atoms in total. The van der Waals surface area contributed by atoms with Crippen LogP contribution < -0.4 is 10.2 Å². The molecule has 0 bridgehead atoms. The molecule has 0 fully saturated rings. The molecule has 3 heteroatoms. The molecule has 0 aliphatic heterocycles. The molecule has 0 spiro atoms. The van der Waals surface area contributed by atoms with E-state index in [0.717, 1.165) is 13.1 Å². The summed E-state index contributed by atoms with van der Waals surface area (Å²) in [5, 5.41) is 3.31. The van der Waals surface area contributed by atoms with Gasteiger partial charge in [0.05, 0.1) is 0 Å². The quantitative estimate of drug-likeness (QED) is 0.892.